The molecular formula is C27H28N2O6. The largest absolute Gasteiger partial charge is 0.507 e. The quantitative estimate of drug-likeness (QED) is 0.353. The summed E-state index contributed by atoms with van der Waals surface area (Å²) in [6, 6.07) is 13.3. The van der Waals surface area contributed by atoms with Crippen molar-refractivity contribution >= 4 is 23.3 Å². The summed E-state index contributed by atoms with van der Waals surface area (Å²) in [6.07, 6.45) is 3.56. The second-order valence-electron chi connectivity index (χ2n) is 8.32. The Morgan fingerprint density at radius 3 is 2.11 bits per heavy atom. The van der Waals surface area contributed by atoms with Crippen LogP contribution >= 0.6 is 0 Å². The van der Waals surface area contributed by atoms with Crippen molar-refractivity contribution in [2.75, 3.05) is 19.6 Å². The number of ketones is 1. The number of aryl methyl sites for hydroxylation is 1. The summed E-state index contributed by atoms with van der Waals surface area (Å²) in [7, 11) is 0. The molecule has 8 nitrogen and oxygen atoms in total. The van der Waals surface area contributed by atoms with Crippen molar-refractivity contribution in [3.05, 3.63) is 93.6 Å². The lowest BCUT2D eigenvalue weighted by Gasteiger charge is -2.20. The highest BCUT2D eigenvalue weighted by atomic mass is 16.4. The first-order valence-electron chi connectivity index (χ1n) is 11.1. The van der Waals surface area contributed by atoms with Gasteiger partial charge in [0.2, 0.25) is 0 Å². The zero-order chi connectivity index (χ0) is 25.5. The predicted molar refractivity (Wildman–Crippen MR) is 132 cm³/mol. The van der Waals surface area contributed by atoms with E-state index in [0.717, 1.165) is 22.3 Å². The number of rotatable bonds is 10. The van der Waals surface area contributed by atoms with Gasteiger partial charge in [0.15, 0.2) is 5.78 Å². The Kier molecular flexibility index (Phi) is 8.35. The number of phenols is 1. The molecule has 2 aromatic rings. The summed E-state index contributed by atoms with van der Waals surface area (Å²) in [6.45, 7) is 3.27. The molecule has 3 rings (SSSR count). The van der Waals surface area contributed by atoms with Crippen LogP contribution < -0.4 is 10.6 Å². The van der Waals surface area contributed by atoms with Gasteiger partial charge in [-0.2, -0.15) is 0 Å². The van der Waals surface area contributed by atoms with E-state index in [0.29, 0.717) is 22.3 Å². The van der Waals surface area contributed by atoms with Gasteiger partial charge in [0, 0.05) is 24.2 Å². The van der Waals surface area contributed by atoms with Crippen LogP contribution in [0.15, 0.2) is 71.3 Å². The number of carboxylic acids is 2. The average molecular weight is 477 g/mol. The lowest BCUT2D eigenvalue weighted by atomic mass is 9.85. The van der Waals surface area contributed by atoms with E-state index in [1.54, 1.807) is 26.0 Å². The molecule has 0 amide bonds. The Labute approximate surface area is 203 Å². The highest BCUT2D eigenvalue weighted by Crippen LogP contribution is 2.35. The summed E-state index contributed by atoms with van der Waals surface area (Å²) in [4.78, 5) is 34.5. The third kappa shape index (κ3) is 6.53. The fourth-order valence-electron chi connectivity index (χ4n) is 3.97. The van der Waals surface area contributed by atoms with Crippen molar-refractivity contribution in [2.45, 2.75) is 20.4 Å². The van der Waals surface area contributed by atoms with Crippen LogP contribution in [0.5, 0.6) is 5.75 Å². The van der Waals surface area contributed by atoms with Crippen molar-refractivity contribution in [1.82, 2.24) is 10.6 Å². The predicted octanol–water partition coefficient (Wildman–Crippen LogP) is 2.81. The number of benzene rings is 2. The van der Waals surface area contributed by atoms with E-state index in [-0.39, 0.29) is 37.7 Å². The third-order valence-electron chi connectivity index (χ3n) is 5.55. The molecule has 0 unspecified atom stereocenters. The standard InChI is InChI=1S/C27H28N2O6/c1-16-8-19(10-21(26(16)34)12-28-14-23(30)31)25(18-6-4-3-5-7-18)20-9-17(2)27(35)22(11-20)13-29-15-24(32)33/h3-11,28-29,34H,12-15H2,1-2H3,(H,30,31)(H,32,33)/b25-20+. The Bertz CT molecular complexity index is 1240. The summed E-state index contributed by atoms with van der Waals surface area (Å²) in [5, 5.41) is 34.0. The number of Topliss-reactive ketones (excluding diaryl/α,β-unsaturated/α-hetero) is 1. The number of phenolic OH excluding ortho intramolecular Hbond substituents is 1. The van der Waals surface area contributed by atoms with Crippen LogP contribution in [0.4, 0.5) is 0 Å². The molecule has 0 aliphatic heterocycles. The van der Waals surface area contributed by atoms with Crippen molar-refractivity contribution in [2.24, 2.45) is 0 Å². The van der Waals surface area contributed by atoms with Gasteiger partial charge in [-0.1, -0.05) is 30.3 Å². The lowest BCUT2D eigenvalue weighted by molar-refractivity contribution is -0.137. The molecule has 8 heteroatoms. The van der Waals surface area contributed by atoms with Crippen LogP contribution in [0.3, 0.4) is 0 Å². The maximum atomic E-state index is 12.7. The third-order valence-corrected chi connectivity index (χ3v) is 5.55. The Hall–Kier alpha value is -4.01. The average Bonchev–Trinajstić information content (AvgIpc) is 2.80. The van der Waals surface area contributed by atoms with Crippen molar-refractivity contribution in [3.63, 3.8) is 0 Å². The number of aliphatic carboxylic acids is 2. The number of hydrogen-bond donors (Lipinski definition) is 5. The first-order chi connectivity index (χ1) is 16.7. The van der Waals surface area contributed by atoms with Crippen LogP contribution in [0.25, 0.3) is 5.57 Å². The zero-order valence-electron chi connectivity index (χ0n) is 19.6. The number of hydrogen-bond acceptors (Lipinski definition) is 6. The van der Waals surface area contributed by atoms with E-state index in [4.69, 9.17) is 10.2 Å². The van der Waals surface area contributed by atoms with E-state index in [2.05, 4.69) is 10.6 Å². The number of carbonyl (C=O) groups is 3. The van der Waals surface area contributed by atoms with Gasteiger partial charge in [-0.05, 0) is 71.5 Å². The number of aromatic hydroxyl groups is 1. The van der Waals surface area contributed by atoms with Crippen LogP contribution in [0, 0.1) is 6.92 Å². The minimum Gasteiger partial charge on any atom is -0.507 e. The number of carboxylic acid groups (broad SMARTS) is 2. The van der Waals surface area contributed by atoms with Gasteiger partial charge in [0.1, 0.15) is 5.75 Å². The molecule has 0 saturated carbocycles. The molecule has 1 aliphatic carbocycles. The number of carbonyl (C=O) groups excluding carboxylic acids is 1. The highest BCUT2D eigenvalue weighted by Gasteiger charge is 2.21. The Morgan fingerprint density at radius 1 is 0.857 bits per heavy atom. The van der Waals surface area contributed by atoms with Gasteiger partial charge in [-0.3, -0.25) is 14.4 Å². The second-order valence-corrected chi connectivity index (χ2v) is 8.32. The normalized spacial score (nSPS) is 14.9. The van der Waals surface area contributed by atoms with E-state index in [1.807, 2.05) is 42.5 Å². The zero-order valence-corrected chi connectivity index (χ0v) is 19.6. The molecule has 0 spiro atoms. The van der Waals surface area contributed by atoms with Crippen molar-refractivity contribution in [3.8, 4) is 5.75 Å². The molecular weight excluding hydrogens is 448 g/mol. The minimum atomic E-state index is -1.01. The van der Waals surface area contributed by atoms with Gasteiger partial charge in [-0.15, -0.1) is 0 Å². The fraction of sp³-hybridized carbons (Fsp3) is 0.222. The van der Waals surface area contributed by atoms with Crippen LogP contribution in [0.2, 0.25) is 0 Å². The topological polar surface area (TPSA) is 136 Å². The molecule has 0 aromatic heterocycles. The molecule has 0 radical (unpaired) electrons. The number of nitrogens with one attached hydrogen (secondary N) is 2. The van der Waals surface area contributed by atoms with Gasteiger partial charge >= 0.3 is 11.9 Å². The molecule has 0 heterocycles. The second kappa shape index (κ2) is 11.4. The molecule has 2 aromatic carbocycles. The molecule has 5 N–H and O–H groups in total. The van der Waals surface area contributed by atoms with Gasteiger partial charge < -0.3 is 26.0 Å². The monoisotopic (exact) mass is 476 g/mol. The summed E-state index contributed by atoms with van der Waals surface area (Å²) < 4.78 is 0. The first kappa shape index (κ1) is 25.6. The molecule has 0 saturated heterocycles. The molecule has 1 aliphatic rings. The molecule has 35 heavy (non-hydrogen) atoms. The molecule has 0 fully saturated rings. The summed E-state index contributed by atoms with van der Waals surface area (Å²) in [5.74, 6) is -2.07. The van der Waals surface area contributed by atoms with Crippen LogP contribution in [0.1, 0.15) is 29.2 Å². The first-order valence-corrected chi connectivity index (χ1v) is 11.1. The molecule has 0 bridgehead atoms. The van der Waals surface area contributed by atoms with E-state index in [9.17, 15) is 19.5 Å². The Balaban J connectivity index is 2.15. The summed E-state index contributed by atoms with van der Waals surface area (Å²) >= 11 is 0. The van der Waals surface area contributed by atoms with Crippen molar-refractivity contribution < 1.29 is 29.7 Å². The van der Waals surface area contributed by atoms with Gasteiger partial charge in [0.05, 0.1) is 13.1 Å². The van der Waals surface area contributed by atoms with Crippen LogP contribution in [-0.2, 0) is 20.9 Å². The molecule has 182 valence electrons. The smallest absolute Gasteiger partial charge is 0.317 e. The van der Waals surface area contributed by atoms with Gasteiger partial charge in [0.25, 0.3) is 0 Å². The maximum Gasteiger partial charge on any atom is 0.317 e. The van der Waals surface area contributed by atoms with Gasteiger partial charge in [-0.25, -0.2) is 0 Å². The van der Waals surface area contributed by atoms with Crippen LogP contribution in [-0.4, -0.2) is 52.7 Å². The maximum absolute atomic E-state index is 12.7. The SMILES string of the molecule is CC1=C/C(=C(/c2ccccc2)c2cc(C)c(O)c(CNCC(=O)O)c2)C=C(CNCC(=O)O)C1=O. The Morgan fingerprint density at radius 2 is 1.49 bits per heavy atom. The highest BCUT2D eigenvalue weighted by molar-refractivity contribution is 6.11. The molecule has 0 atom stereocenters. The summed E-state index contributed by atoms with van der Waals surface area (Å²) in [5.41, 5.74) is 5.45. The fourth-order valence-corrected chi connectivity index (χ4v) is 3.97. The van der Waals surface area contributed by atoms with E-state index < -0.39 is 11.9 Å². The minimum absolute atomic E-state index is 0.0868. The van der Waals surface area contributed by atoms with E-state index >= 15 is 0 Å². The van der Waals surface area contributed by atoms with E-state index in [1.165, 1.54) is 0 Å². The van der Waals surface area contributed by atoms with Crippen molar-refractivity contribution in [1.29, 1.82) is 0 Å². The number of allylic oxidation sites excluding steroid dienone is 4. The lowest BCUT2D eigenvalue weighted by Crippen LogP contribution is -2.28.